The van der Waals surface area contributed by atoms with Crippen molar-refractivity contribution in [1.82, 2.24) is 9.96 Å². The largest absolute Gasteiger partial charge is 0.444 e. The van der Waals surface area contributed by atoms with Gasteiger partial charge in [0.05, 0.1) is 13.2 Å². The second-order valence-corrected chi connectivity index (χ2v) is 5.76. The molecule has 0 unspecified atom stereocenters. The van der Waals surface area contributed by atoms with Crippen LogP contribution in [0.25, 0.3) is 0 Å². The first-order valence-electron chi connectivity index (χ1n) is 6.74. The highest BCUT2D eigenvalue weighted by Crippen LogP contribution is 2.21. The first-order chi connectivity index (χ1) is 9.24. The van der Waals surface area contributed by atoms with Crippen LogP contribution in [0.3, 0.4) is 0 Å². The lowest BCUT2D eigenvalue weighted by Gasteiger charge is -2.27. The summed E-state index contributed by atoms with van der Waals surface area (Å²) in [5, 5.41) is 1.13. The summed E-state index contributed by atoms with van der Waals surface area (Å²) in [6.07, 6.45) is 4.56. The molecule has 20 heavy (non-hydrogen) atoms. The van der Waals surface area contributed by atoms with E-state index in [0.717, 1.165) is 17.9 Å². The fraction of sp³-hybridized carbons (Fsp3) is 0.714. The van der Waals surface area contributed by atoms with Crippen LogP contribution in [-0.2, 0) is 14.4 Å². The number of hydrogen-bond acceptors (Lipinski definition) is 4. The molecule has 1 aliphatic rings. The molecule has 1 aliphatic heterocycles. The number of ether oxygens (including phenoxy) is 1. The zero-order valence-electron chi connectivity index (χ0n) is 12.9. The minimum absolute atomic E-state index is 0.0981. The van der Waals surface area contributed by atoms with Crippen molar-refractivity contribution in [2.24, 2.45) is 0 Å². The van der Waals surface area contributed by atoms with E-state index in [1.165, 1.54) is 20.2 Å². The van der Waals surface area contributed by atoms with Gasteiger partial charge in [-0.05, 0) is 33.6 Å². The molecule has 6 nitrogen and oxygen atoms in total. The van der Waals surface area contributed by atoms with Crippen LogP contribution in [0.15, 0.2) is 12.2 Å². The molecule has 1 atom stereocenters. The van der Waals surface area contributed by atoms with Gasteiger partial charge >= 0.3 is 6.09 Å². The van der Waals surface area contributed by atoms with E-state index in [1.54, 1.807) is 11.0 Å². The number of carbonyl (C=O) groups is 2. The Balaban J connectivity index is 2.64. The van der Waals surface area contributed by atoms with Crippen LogP contribution in [0, 0.1) is 0 Å². The maximum Gasteiger partial charge on any atom is 0.410 e. The van der Waals surface area contributed by atoms with Crippen LogP contribution in [0.1, 0.15) is 33.6 Å². The highest BCUT2D eigenvalue weighted by atomic mass is 16.7. The van der Waals surface area contributed by atoms with Gasteiger partial charge in [-0.1, -0.05) is 6.08 Å². The summed E-state index contributed by atoms with van der Waals surface area (Å²) >= 11 is 0. The predicted octanol–water partition coefficient (Wildman–Crippen LogP) is 1.96. The lowest BCUT2D eigenvalue weighted by atomic mass is 10.2. The summed E-state index contributed by atoms with van der Waals surface area (Å²) < 4.78 is 5.36. The Morgan fingerprint density at radius 2 is 2.00 bits per heavy atom. The molecule has 1 heterocycles. The zero-order valence-corrected chi connectivity index (χ0v) is 12.9. The SMILES string of the molecule is CON(C)C(=O)/C=C/[C@@H]1CCCN1C(=O)OC(C)(C)C. The maximum absolute atomic E-state index is 12.1. The molecule has 1 rings (SSSR count). The van der Waals surface area contributed by atoms with Crippen molar-refractivity contribution in [3.8, 4) is 0 Å². The summed E-state index contributed by atoms with van der Waals surface area (Å²) in [4.78, 5) is 30.1. The number of amides is 2. The van der Waals surface area contributed by atoms with E-state index in [-0.39, 0.29) is 18.0 Å². The van der Waals surface area contributed by atoms with Crippen LogP contribution < -0.4 is 0 Å². The number of likely N-dealkylation sites (N-methyl/N-ethyl adjacent to an activating group) is 1. The van der Waals surface area contributed by atoms with E-state index >= 15 is 0 Å². The minimum Gasteiger partial charge on any atom is -0.444 e. The van der Waals surface area contributed by atoms with Gasteiger partial charge in [-0.15, -0.1) is 0 Å². The summed E-state index contributed by atoms with van der Waals surface area (Å²) in [5.41, 5.74) is -0.514. The molecule has 0 aromatic rings. The molecule has 0 radical (unpaired) electrons. The number of carbonyl (C=O) groups excluding carboxylic acids is 2. The van der Waals surface area contributed by atoms with Gasteiger partial charge in [0.2, 0.25) is 0 Å². The second-order valence-electron chi connectivity index (χ2n) is 5.76. The smallest absolute Gasteiger partial charge is 0.410 e. The zero-order chi connectivity index (χ0) is 15.3. The molecule has 0 aromatic carbocycles. The highest BCUT2D eigenvalue weighted by molar-refractivity contribution is 5.86. The van der Waals surface area contributed by atoms with Crippen LogP contribution in [0.4, 0.5) is 4.79 Å². The van der Waals surface area contributed by atoms with Gasteiger partial charge in [-0.25, -0.2) is 9.86 Å². The average Bonchev–Trinajstić information content (AvgIpc) is 2.81. The number of hydroxylamine groups is 2. The maximum atomic E-state index is 12.1. The van der Waals surface area contributed by atoms with Gasteiger partial charge in [-0.3, -0.25) is 9.63 Å². The van der Waals surface area contributed by atoms with Crippen molar-refractivity contribution in [1.29, 1.82) is 0 Å². The Hall–Kier alpha value is -1.56. The topological polar surface area (TPSA) is 59.1 Å². The molecule has 0 bridgehead atoms. The van der Waals surface area contributed by atoms with Crippen molar-refractivity contribution in [2.75, 3.05) is 20.7 Å². The van der Waals surface area contributed by atoms with Gasteiger partial charge in [0.25, 0.3) is 5.91 Å². The number of nitrogens with zero attached hydrogens (tertiary/aromatic N) is 2. The third-order valence-electron chi connectivity index (χ3n) is 2.97. The number of likely N-dealkylation sites (tertiary alicyclic amines) is 1. The minimum atomic E-state index is -0.514. The van der Waals surface area contributed by atoms with E-state index in [9.17, 15) is 9.59 Å². The lowest BCUT2D eigenvalue weighted by Crippen LogP contribution is -2.39. The van der Waals surface area contributed by atoms with Crippen molar-refractivity contribution in [3.63, 3.8) is 0 Å². The normalized spacial score (nSPS) is 19.4. The summed E-state index contributed by atoms with van der Waals surface area (Å²) in [6.45, 7) is 6.16. The molecule has 6 heteroatoms. The van der Waals surface area contributed by atoms with Crippen LogP contribution in [0.5, 0.6) is 0 Å². The Labute approximate surface area is 120 Å². The Bertz CT molecular complexity index is 387. The predicted molar refractivity (Wildman–Crippen MR) is 74.9 cm³/mol. The van der Waals surface area contributed by atoms with Crippen LogP contribution >= 0.6 is 0 Å². The van der Waals surface area contributed by atoms with Crippen molar-refractivity contribution < 1.29 is 19.2 Å². The third kappa shape index (κ3) is 4.85. The Morgan fingerprint density at radius 1 is 1.35 bits per heavy atom. The average molecular weight is 284 g/mol. The molecule has 0 N–H and O–H groups in total. The van der Waals surface area contributed by atoms with E-state index in [0.29, 0.717) is 6.54 Å². The molecule has 1 fully saturated rings. The summed E-state index contributed by atoms with van der Waals surface area (Å²) in [5.74, 6) is -0.261. The van der Waals surface area contributed by atoms with Crippen molar-refractivity contribution in [3.05, 3.63) is 12.2 Å². The van der Waals surface area contributed by atoms with Gasteiger partial charge in [0, 0.05) is 19.7 Å². The quantitative estimate of drug-likeness (QED) is 0.587. The molecule has 2 amide bonds. The first-order valence-corrected chi connectivity index (χ1v) is 6.74. The summed E-state index contributed by atoms with van der Waals surface area (Å²) in [7, 11) is 2.96. The highest BCUT2D eigenvalue weighted by Gasteiger charge is 2.30. The molecule has 0 aromatic heterocycles. The van der Waals surface area contributed by atoms with E-state index in [1.807, 2.05) is 20.8 Å². The lowest BCUT2D eigenvalue weighted by molar-refractivity contribution is -0.162. The van der Waals surface area contributed by atoms with E-state index in [2.05, 4.69) is 0 Å². The third-order valence-corrected chi connectivity index (χ3v) is 2.97. The van der Waals surface area contributed by atoms with Crippen LogP contribution in [-0.4, -0.2) is 54.3 Å². The Morgan fingerprint density at radius 3 is 2.55 bits per heavy atom. The molecule has 1 saturated heterocycles. The van der Waals surface area contributed by atoms with E-state index < -0.39 is 5.60 Å². The van der Waals surface area contributed by atoms with Crippen LogP contribution in [0.2, 0.25) is 0 Å². The van der Waals surface area contributed by atoms with Gasteiger partial charge in [0.1, 0.15) is 5.60 Å². The molecule has 0 spiro atoms. The number of rotatable bonds is 3. The number of hydrogen-bond donors (Lipinski definition) is 0. The fourth-order valence-electron chi connectivity index (χ4n) is 1.93. The van der Waals surface area contributed by atoms with Crippen molar-refractivity contribution >= 4 is 12.0 Å². The first kappa shape index (κ1) is 16.5. The molecule has 0 aliphatic carbocycles. The fourth-order valence-corrected chi connectivity index (χ4v) is 1.93. The molecular weight excluding hydrogens is 260 g/mol. The van der Waals surface area contributed by atoms with Gasteiger partial charge < -0.3 is 9.64 Å². The van der Waals surface area contributed by atoms with E-state index in [4.69, 9.17) is 9.57 Å². The van der Waals surface area contributed by atoms with Crippen molar-refractivity contribution in [2.45, 2.75) is 45.3 Å². The molecule has 114 valence electrons. The second kappa shape index (κ2) is 6.74. The van der Waals surface area contributed by atoms with Gasteiger partial charge in [0.15, 0.2) is 0 Å². The monoisotopic (exact) mass is 284 g/mol. The Kier molecular flexibility index (Phi) is 5.56. The molecular formula is C14H24N2O4. The summed E-state index contributed by atoms with van der Waals surface area (Å²) in [6, 6.07) is -0.0981. The standard InChI is InChI=1S/C14H24N2O4/c1-14(2,3)20-13(18)16-10-6-7-11(16)8-9-12(17)15(4)19-5/h8-9,11H,6-7,10H2,1-5H3/b9-8+/t11-/m0/s1. The van der Waals surface area contributed by atoms with Gasteiger partial charge in [-0.2, -0.15) is 0 Å². The molecule has 0 saturated carbocycles.